The molecule has 2 atom stereocenters. The number of carboxylic acid groups (broad SMARTS) is 1. The summed E-state index contributed by atoms with van der Waals surface area (Å²) in [5, 5.41) is 12.1. The molecule has 2 N–H and O–H groups in total. The summed E-state index contributed by atoms with van der Waals surface area (Å²) in [6.45, 7) is 2.75. The van der Waals surface area contributed by atoms with Gasteiger partial charge in [0.25, 0.3) is 0 Å². The van der Waals surface area contributed by atoms with Crippen LogP contribution in [0.5, 0.6) is 11.5 Å². The summed E-state index contributed by atoms with van der Waals surface area (Å²) in [6, 6.07) is 5.49. The van der Waals surface area contributed by atoms with Gasteiger partial charge in [-0.1, -0.05) is 18.9 Å². The number of rotatable bonds is 7. The third-order valence-electron chi connectivity index (χ3n) is 4.41. The molecule has 0 spiro atoms. The van der Waals surface area contributed by atoms with Gasteiger partial charge in [0.05, 0.1) is 25.6 Å². The topological polar surface area (TPSA) is 84.9 Å². The minimum atomic E-state index is -0.877. The van der Waals surface area contributed by atoms with Crippen LogP contribution in [0.3, 0.4) is 0 Å². The van der Waals surface area contributed by atoms with Crippen LogP contribution in [0, 0.1) is 11.8 Å². The first-order chi connectivity index (χ1) is 11.6. The zero-order chi connectivity index (χ0) is 17.5. The Morgan fingerprint density at radius 1 is 1.21 bits per heavy atom. The summed E-state index contributed by atoms with van der Waals surface area (Å²) in [7, 11) is 1.58. The monoisotopic (exact) mass is 335 g/mol. The highest BCUT2D eigenvalue weighted by Gasteiger charge is 2.35. The maximum atomic E-state index is 12.4. The van der Waals surface area contributed by atoms with Gasteiger partial charge >= 0.3 is 5.97 Å². The lowest BCUT2D eigenvalue weighted by atomic mass is 9.78. The number of hydrogen-bond donors (Lipinski definition) is 2. The van der Waals surface area contributed by atoms with E-state index in [1.807, 2.05) is 19.1 Å². The van der Waals surface area contributed by atoms with Crippen LogP contribution in [0.15, 0.2) is 18.2 Å². The zero-order valence-electron chi connectivity index (χ0n) is 14.2. The molecule has 1 aliphatic rings. The molecule has 0 radical (unpaired) electrons. The predicted molar refractivity (Wildman–Crippen MR) is 89.1 cm³/mol. The molecule has 6 nitrogen and oxygen atoms in total. The molecular weight excluding hydrogens is 310 g/mol. The van der Waals surface area contributed by atoms with Gasteiger partial charge in [-0.25, -0.2) is 0 Å². The molecule has 6 heteroatoms. The summed E-state index contributed by atoms with van der Waals surface area (Å²) in [6.07, 6.45) is 2.98. The molecule has 132 valence electrons. The van der Waals surface area contributed by atoms with Gasteiger partial charge in [0.2, 0.25) is 5.91 Å². The van der Waals surface area contributed by atoms with Crippen LogP contribution in [0.4, 0.5) is 0 Å². The van der Waals surface area contributed by atoms with Crippen molar-refractivity contribution in [3.05, 3.63) is 23.8 Å². The molecule has 24 heavy (non-hydrogen) atoms. The lowest BCUT2D eigenvalue weighted by molar-refractivity contribution is -0.148. The fourth-order valence-electron chi connectivity index (χ4n) is 3.16. The van der Waals surface area contributed by atoms with E-state index in [1.54, 1.807) is 13.2 Å². The molecule has 2 rings (SSSR count). The molecule has 0 unspecified atom stereocenters. The highest BCUT2D eigenvalue weighted by atomic mass is 16.5. The van der Waals surface area contributed by atoms with E-state index < -0.39 is 17.8 Å². The number of amides is 1. The number of hydrogen-bond acceptors (Lipinski definition) is 4. The maximum Gasteiger partial charge on any atom is 0.307 e. The summed E-state index contributed by atoms with van der Waals surface area (Å²) in [5.41, 5.74) is 0.885. The maximum absolute atomic E-state index is 12.4. The molecule has 0 bridgehead atoms. The largest absolute Gasteiger partial charge is 0.493 e. The van der Waals surface area contributed by atoms with Crippen LogP contribution in [0.1, 0.15) is 38.2 Å². The average molecular weight is 335 g/mol. The molecule has 1 fully saturated rings. The van der Waals surface area contributed by atoms with E-state index in [1.165, 1.54) is 0 Å². The van der Waals surface area contributed by atoms with Crippen LogP contribution >= 0.6 is 0 Å². The minimum absolute atomic E-state index is 0.184. The molecule has 0 aromatic heterocycles. The first-order valence-electron chi connectivity index (χ1n) is 8.37. The van der Waals surface area contributed by atoms with Gasteiger partial charge in [-0.2, -0.15) is 0 Å². The Morgan fingerprint density at radius 2 is 1.92 bits per heavy atom. The first kappa shape index (κ1) is 18.1. The molecule has 0 aliphatic heterocycles. The first-order valence-corrected chi connectivity index (χ1v) is 8.37. The third kappa shape index (κ3) is 4.40. The van der Waals surface area contributed by atoms with Crippen LogP contribution in [0.2, 0.25) is 0 Å². The van der Waals surface area contributed by atoms with Crippen molar-refractivity contribution in [1.29, 1.82) is 0 Å². The van der Waals surface area contributed by atoms with Crippen LogP contribution in [-0.2, 0) is 16.1 Å². The van der Waals surface area contributed by atoms with Gasteiger partial charge in [0.1, 0.15) is 0 Å². The van der Waals surface area contributed by atoms with Gasteiger partial charge in [0, 0.05) is 6.54 Å². The number of nitrogens with one attached hydrogen (secondary N) is 1. The van der Waals surface area contributed by atoms with Crippen molar-refractivity contribution < 1.29 is 24.2 Å². The fourth-order valence-corrected chi connectivity index (χ4v) is 3.16. The molecule has 1 saturated carbocycles. The predicted octanol–water partition coefficient (Wildman–Crippen LogP) is 2.60. The molecule has 1 amide bonds. The van der Waals surface area contributed by atoms with Crippen molar-refractivity contribution in [2.75, 3.05) is 13.7 Å². The summed E-state index contributed by atoms with van der Waals surface area (Å²) < 4.78 is 10.8. The minimum Gasteiger partial charge on any atom is -0.493 e. The zero-order valence-corrected chi connectivity index (χ0v) is 14.2. The van der Waals surface area contributed by atoms with Gasteiger partial charge in [-0.15, -0.1) is 0 Å². The molecule has 1 aliphatic carbocycles. The SMILES string of the molecule is CCOc1cc(CNC(=O)[C@H]2CCCC[C@H]2C(=O)O)ccc1OC. The van der Waals surface area contributed by atoms with Gasteiger partial charge in [-0.05, 0) is 37.5 Å². The van der Waals surface area contributed by atoms with E-state index in [9.17, 15) is 14.7 Å². The van der Waals surface area contributed by atoms with Crippen molar-refractivity contribution in [1.82, 2.24) is 5.32 Å². The molecular formula is C18H25NO5. The Kier molecular flexibility index (Phi) is 6.46. The van der Waals surface area contributed by atoms with Gasteiger partial charge < -0.3 is 19.9 Å². The summed E-state index contributed by atoms with van der Waals surface area (Å²) >= 11 is 0. The van der Waals surface area contributed by atoms with E-state index in [-0.39, 0.29) is 5.91 Å². The Balaban J connectivity index is 2.00. The highest BCUT2D eigenvalue weighted by Crippen LogP contribution is 2.31. The van der Waals surface area contributed by atoms with Crippen LogP contribution in [0.25, 0.3) is 0 Å². The smallest absolute Gasteiger partial charge is 0.307 e. The van der Waals surface area contributed by atoms with E-state index in [4.69, 9.17) is 9.47 Å². The third-order valence-corrected chi connectivity index (χ3v) is 4.41. The fraction of sp³-hybridized carbons (Fsp3) is 0.556. The Bertz CT molecular complexity index is 587. The second kappa shape index (κ2) is 8.57. The van der Waals surface area contributed by atoms with Crippen LogP contribution < -0.4 is 14.8 Å². The number of benzene rings is 1. The number of methoxy groups -OCH3 is 1. The lowest BCUT2D eigenvalue weighted by Crippen LogP contribution is -2.39. The van der Waals surface area contributed by atoms with E-state index in [2.05, 4.69) is 5.32 Å². The number of carbonyl (C=O) groups excluding carboxylic acids is 1. The summed E-state index contributed by atoms with van der Waals surface area (Å²) in [5.74, 6) is -0.804. The van der Waals surface area contributed by atoms with Gasteiger partial charge in [0.15, 0.2) is 11.5 Å². The van der Waals surface area contributed by atoms with Crippen molar-refractivity contribution in [3.63, 3.8) is 0 Å². The average Bonchev–Trinajstić information content (AvgIpc) is 2.60. The Labute approximate surface area is 142 Å². The van der Waals surface area contributed by atoms with E-state index >= 15 is 0 Å². The molecule has 1 aromatic carbocycles. The van der Waals surface area contributed by atoms with Crippen LogP contribution in [-0.4, -0.2) is 30.7 Å². The standard InChI is InChI=1S/C18H25NO5/c1-3-24-16-10-12(8-9-15(16)23-2)11-19-17(20)13-6-4-5-7-14(13)18(21)22/h8-10,13-14H,3-7,11H2,1-2H3,(H,19,20)(H,21,22)/t13-,14+/m0/s1. The summed E-state index contributed by atoms with van der Waals surface area (Å²) in [4.78, 5) is 23.7. The van der Waals surface area contributed by atoms with E-state index in [0.29, 0.717) is 37.5 Å². The number of aliphatic carboxylic acids is 1. The van der Waals surface area contributed by atoms with Crippen molar-refractivity contribution in [2.45, 2.75) is 39.2 Å². The molecule has 1 aromatic rings. The molecule has 0 heterocycles. The number of carboxylic acids is 1. The van der Waals surface area contributed by atoms with Gasteiger partial charge in [-0.3, -0.25) is 9.59 Å². The van der Waals surface area contributed by atoms with Crippen molar-refractivity contribution >= 4 is 11.9 Å². The number of carbonyl (C=O) groups is 2. The lowest BCUT2D eigenvalue weighted by Gasteiger charge is -2.27. The Morgan fingerprint density at radius 3 is 2.54 bits per heavy atom. The van der Waals surface area contributed by atoms with E-state index in [0.717, 1.165) is 18.4 Å². The second-order valence-electron chi connectivity index (χ2n) is 5.97. The van der Waals surface area contributed by atoms with Crippen molar-refractivity contribution in [3.8, 4) is 11.5 Å². The number of ether oxygens (including phenoxy) is 2. The van der Waals surface area contributed by atoms with Crippen molar-refractivity contribution in [2.24, 2.45) is 11.8 Å². The normalized spacial score (nSPS) is 20.2. The molecule has 0 saturated heterocycles. The second-order valence-corrected chi connectivity index (χ2v) is 5.97. The quantitative estimate of drug-likeness (QED) is 0.800. The Hall–Kier alpha value is -2.24. The highest BCUT2D eigenvalue weighted by molar-refractivity contribution is 5.84.